The van der Waals surface area contributed by atoms with Gasteiger partial charge >= 0.3 is 5.97 Å². The monoisotopic (exact) mass is 378 g/mol. The van der Waals surface area contributed by atoms with E-state index in [1.165, 1.54) is 30.3 Å². The summed E-state index contributed by atoms with van der Waals surface area (Å²) >= 11 is 0. The molecule has 1 aliphatic heterocycles. The Morgan fingerprint density at radius 1 is 1.08 bits per heavy atom. The van der Waals surface area contributed by atoms with Gasteiger partial charge in [0, 0.05) is 11.1 Å². The van der Waals surface area contributed by atoms with Crippen molar-refractivity contribution in [2.24, 2.45) is 0 Å². The molecular formula is C19H16F2O4S. The minimum Gasteiger partial charge on any atom is -0.454 e. The lowest BCUT2D eigenvalue weighted by atomic mass is 9.91. The number of carbonyl (C=O) groups excluding carboxylic acids is 1. The van der Waals surface area contributed by atoms with Gasteiger partial charge in [-0.1, -0.05) is 31.2 Å². The maximum Gasteiger partial charge on any atom is 0.339 e. The zero-order valence-electron chi connectivity index (χ0n) is 13.9. The molecule has 1 atom stereocenters. The van der Waals surface area contributed by atoms with E-state index in [0.717, 1.165) is 0 Å². The first kappa shape index (κ1) is 18.3. The minimum absolute atomic E-state index is 0.0519. The van der Waals surface area contributed by atoms with E-state index in [4.69, 9.17) is 4.74 Å². The zero-order valence-corrected chi connectivity index (χ0v) is 14.8. The number of thiol groups is 1. The number of hydrogen-bond acceptors (Lipinski definition) is 4. The summed E-state index contributed by atoms with van der Waals surface area (Å²) in [5.41, 5.74) is 1.48. The molecule has 0 N–H and O–H groups in total. The number of cyclic esters (lactones) is 1. The summed E-state index contributed by atoms with van der Waals surface area (Å²) in [5.74, 6) is -2.17. The van der Waals surface area contributed by atoms with Crippen LogP contribution in [-0.4, -0.2) is 20.5 Å². The third kappa shape index (κ3) is 3.53. The van der Waals surface area contributed by atoms with Crippen LogP contribution in [0.5, 0.6) is 0 Å². The van der Waals surface area contributed by atoms with Gasteiger partial charge in [-0.3, -0.25) is 0 Å². The van der Waals surface area contributed by atoms with Gasteiger partial charge < -0.3 is 4.74 Å². The van der Waals surface area contributed by atoms with Crippen molar-refractivity contribution in [1.29, 1.82) is 0 Å². The highest BCUT2D eigenvalue weighted by atomic mass is 32.2. The molecule has 0 amide bonds. The molecule has 1 unspecified atom stereocenters. The highest BCUT2D eigenvalue weighted by Crippen LogP contribution is 2.39. The van der Waals surface area contributed by atoms with Crippen LogP contribution in [0.25, 0.3) is 11.1 Å². The average molecular weight is 378 g/mol. The van der Waals surface area contributed by atoms with Crippen molar-refractivity contribution in [3.63, 3.8) is 0 Å². The molecule has 0 spiro atoms. The van der Waals surface area contributed by atoms with Crippen LogP contribution in [0.4, 0.5) is 8.78 Å². The molecule has 1 heterocycles. The Labute approximate surface area is 151 Å². The van der Waals surface area contributed by atoms with Crippen LogP contribution in [0.2, 0.25) is 0 Å². The number of rotatable bonds is 5. The predicted molar refractivity (Wildman–Crippen MR) is 93.8 cm³/mol. The third-order valence-electron chi connectivity index (χ3n) is 4.19. The molecule has 0 bridgehead atoms. The highest BCUT2D eigenvalue weighted by molar-refractivity contribution is 7.71. The van der Waals surface area contributed by atoms with Gasteiger partial charge in [-0.15, -0.1) is 0 Å². The molecular weight excluding hydrogens is 362 g/mol. The normalized spacial score (nSPS) is 17.1. The van der Waals surface area contributed by atoms with E-state index in [9.17, 15) is 22.0 Å². The summed E-state index contributed by atoms with van der Waals surface area (Å²) in [5, 5.41) is 0. The molecule has 0 fully saturated rings. The van der Waals surface area contributed by atoms with Crippen LogP contribution in [0.15, 0.2) is 42.5 Å². The number of hydrogen-bond donors (Lipinski definition) is 1. The molecule has 26 heavy (non-hydrogen) atoms. The Morgan fingerprint density at radius 2 is 1.85 bits per heavy atom. The van der Waals surface area contributed by atoms with E-state index < -0.39 is 40.2 Å². The van der Waals surface area contributed by atoms with Crippen LogP contribution >= 0.6 is 0 Å². The summed E-state index contributed by atoms with van der Waals surface area (Å²) in [6, 6.07) is 9.67. The second-order valence-electron chi connectivity index (χ2n) is 5.90. The van der Waals surface area contributed by atoms with E-state index in [-0.39, 0.29) is 11.1 Å². The zero-order chi connectivity index (χ0) is 18.8. The Bertz CT molecular complexity index is 971. The molecule has 0 saturated heterocycles. The van der Waals surface area contributed by atoms with Crippen molar-refractivity contribution >= 4 is 27.8 Å². The molecule has 1 aliphatic rings. The van der Waals surface area contributed by atoms with Gasteiger partial charge in [0.1, 0.15) is 28.4 Å². The fourth-order valence-electron chi connectivity index (χ4n) is 3.04. The second-order valence-corrected chi connectivity index (χ2v) is 6.88. The smallest absolute Gasteiger partial charge is 0.339 e. The number of esters is 1. The summed E-state index contributed by atoms with van der Waals surface area (Å²) < 4.78 is 54.9. The number of benzene rings is 2. The Balaban J connectivity index is 2.17. The van der Waals surface area contributed by atoms with Gasteiger partial charge in [-0.25, -0.2) is 22.0 Å². The molecule has 4 nitrogen and oxygen atoms in total. The maximum atomic E-state index is 14.3. The predicted octanol–water partition coefficient (Wildman–Crippen LogP) is 3.32. The summed E-state index contributed by atoms with van der Waals surface area (Å²) in [6.07, 6.45) is -0.113. The summed E-state index contributed by atoms with van der Waals surface area (Å²) in [6.45, 7) is 1.82. The topological polar surface area (TPSA) is 60.4 Å². The van der Waals surface area contributed by atoms with Gasteiger partial charge in [0.05, 0.1) is 11.3 Å². The molecule has 0 aliphatic carbocycles. The number of carbonyl (C=O) groups is 1. The molecule has 0 aromatic heterocycles. The second kappa shape index (κ2) is 7.37. The molecule has 136 valence electrons. The van der Waals surface area contributed by atoms with E-state index in [1.807, 2.05) is 6.92 Å². The first-order chi connectivity index (χ1) is 12.4. The fraction of sp³-hybridized carbons (Fsp3) is 0.211. The van der Waals surface area contributed by atoms with Crippen LogP contribution < -0.4 is 0 Å². The Hall–Kier alpha value is -2.54. The molecule has 2 aromatic rings. The van der Waals surface area contributed by atoms with Gasteiger partial charge in [0.25, 0.3) is 0 Å². The van der Waals surface area contributed by atoms with Gasteiger partial charge in [0.15, 0.2) is 0 Å². The number of ether oxygens (including phenoxy) is 1. The Kier molecular flexibility index (Phi) is 5.18. The quantitative estimate of drug-likeness (QED) is 0.641. The first-order valence-corrected chi connectivity index (χ1v) is 9.38. The lowest BCUT2D eigenvalue weighted by molar-refractivity contribution is -0.137. The van der Waals surface area contributed by atoms with Gasteiger partial charge in [-0.2, -0.15) is 0 Å². The third-order valence-corrected chi connectivity index (χ3v) is 4.79. The molecule has 2 aromatic carbocycles. The van der Waals surface area contributed by atoms with Gasteiger partial charge in [-0.05, 0) is 35.7 Å². The van der Waals surface area contributed by atoms with Crippen molar-refractivity contribution < 1.29 is 26.7 Å². The van der Waals surface area contributed by atoms with E-state index in [1.54, 1.807) is 12.1 Å². The Morgan fingerprint density at radius 3 is 2.46 bits per heavy atom. The van der Waals surface area contributed by atoms with Crippen molar-refractivity contribution in [1.82, 2.24) is 0 Å². The van der Waals surface area contributed by atoms with E-state index in [2.05, 4.69) is 0 Å². The summed E-state index contributed by atoms with van der Waals surface area (Å²) in [7, 11) is -2.75. The molecule has 0 radical (unpaired) electrons. The highest BCUT2D eigenvalue weighted by Gasteiger charge is 2.35. The van der Waals surface area contributed by atoms with Crippen molar-refractivity contribution in [2.75, 3.05) is 0 Å². The van der Waals surface area contributed by atoms with Crippen molar-refractivity contribution in [3.8, 4) is 0 Å². The van der Waals surface area contributed by atoms with Gasteiger partial charge in [0.2, 0.25) is 0 Å². The van der Waals surface area contributed by atoms with E-state index >= 15 is 0 Å². The molecule has 3 rings (SSSR count). The lowest BCUT2D eigenvalue weighted by Gasteiger charge is -2.13. The standard InChI is InChI=1S/C19H16F2O4S/c1-2-16-17(12-6-7-13(10-26(23)24)15(21)9-12)18(19(22)25-16)11-4-3-5-14(20)8-11/h3-9,16,26H,2,10H2,1H3. The van der Waals surface area contributed by atoms with E-state index in [0.29, 0.717) is 23.1 Å². The van der Waals surface area contributed by atoms with Crippen molar-refractivity contribution in [3.05, 3.63) is 70.8 Å². The SMILES string of the molecule is CCC1OC(=O)C(c2cccc(F)c2)=C1c1ccc(C[SH](=O)=O)c(F)c1. The summed E-state index contributed by atoms with van der Waals surface area (Å²) in [4.78, 5) is 12.4. The number of halogens is 2. The minimum atomic E-state index is -2.75. The van der Waals surface area contributed by atoms with Crippen LogP contribution in [0.3, 0.4) is 0 Å². The first-order valence-electron chi connectivity index (χ1n) is 8.02. The van der Waals surface area contributed by atoms with Crippen LogP contribution in [0.1, 0.15) is 30.0 Å². The lowest BCUT2D eigenvalue weighted by Crippen LogP contribution is -2.09. The molecule has 0 saturated carbocycles. The van der Waals surface area contributed by atoms with Crippen LogP contribution in [0, 0.1) is 11.6 Å². The molecule has 7 heteroatoms. The maximum absolute atomic E-state index is 14.3. The average Bonchev–Trinajstić information content (AvgIpc) is 2.93. The largest absolute Gasteiger partial charge is 0.454 e. The fourth-order valence-corrected chi connectivity index (χ4v) is 3.57. The van der Waals surface area contributed by atoms with Crippen LogP contribution in [-0.2, 0) is 26.0 Å². The van der Waals surface area contributed by atoms with Crippen molar-refractivity contribution in [2.45, 2.75) is 25.2 Å².